The predicted octanol–water partition coefficient (Wildman–Crippen LogP) is 6.66. The number of nitrogens with zero attached hydrogens (tertiary/aromatic N) is 1. The summed E-state index contributed by atoms with van der Waals surface area (Å²) in [4.78, 5) is 4.21. The van der Waals surface area contributed by atoms with Crippen LogP contribution >= 0.6 is 0 Å². The Labute approximate surface area is 261 Å². The van der Waals surface area contributed by atoms with E-state index in [2.05, 4.69) is 58.2 Å². The fourth-order valence-electron chi connectivity index (χ4n) is 10.8. The molecule has 0 unspecified atom stereocenters. The second kappa shape index (κ2) is 12.0. The molecule has 6 nitrogen and oxygen atoms in total. The van der Waals surface area contributed by atoms with Crippen molar-refractivity contribution in [3.8, 4) is 0 Å². The van der Waals surface area contributed by atoms with E-state index in [-0.39, 0.29) is 16.4 Å². The summed E-state index contributed by atoms with van der Waals surface area (Å²) in [5.74, 6) is 4.77. The van der Waals surface area contributed by atoms with Gasteiger partial charge in [0.25, 0.3) is 10.0 Å². The zero-order valence-electron chi connectivity index (χ0n) is 27.7. The molecule has 242 valence electrons. The molecular formula is C36H57N2O4S-. The third kappa shape index (κ3) is 6.15. The minimum atomic E-state index is -3.96. The molecule has 0 heterocycles. The van der Waals surface area contributed by atoms with Crippen LogP contribution in [0.25, 0.3) is 0 Å². The van der Waals surface area contributed by atoms with E-state index in [1.807, 2.05) is 0 Å². The summed E-state index contributed by atoms with van der Waals surface area (Å²) in [5, 5.41) is 23.1. The van der Waals surface area contributed by atoms with Crippen molar-refractivity contribution in [3.63, 3.8) is 0 Å². The molecule has 1 aromatic rings. The maximum absolute atomic E-state index is 12.8. The van der Waals surface area contributed by atoms with E-state index in [1.165, 1.54) is 44.9 Å². The molecule has 7 heteroatoms. The van der Waals surface area contributed by atoms with Crippen molar-refractivity contribution in [2.45, 2.75) is 129 Å². The van der Waals surface area contributed by atoms with Gasteiger partial charge in [-0.2, -0.15) is 0 Å². The summed E-state index contributed by atoms with van der Waals surface area (Å²) in [7, 11) is -3.96. The molecule has 2 N–H and O–H groups in total. The highest BCUT2D eigenvalue weighted by Crippen LogP contribution is 2.69. The van der Waals surface area contributed by atoms with Crippen LogP contribution < -0.4 is 9.83 Å². The van der Waals surface area contributed by atoms with Crippen LogP contribution in [0.5, 0.6) is 0 Å². The summed E-state index contributed by atoms with van der Waals surface area (Å²) >= 11 is 0. The highest BCUT2D eigenvalue weighted by molar-refractivity contribution is 7.90. The van der Waals surface area contributed by atoms with Crippen molar-refractivity contribution in [1.29, 1.82) is 0 Å². The number of sulfonamides is 1. The van der Waals surface area contributed by atoms with Crippen LogP contribution in [-0.2, 0) is 15.4 Å². The fraction of sp³-hybridized carbons (Fsp3) is 0.806. The molecule has 1 aromatic carbocycles. The van der Waals surface area contributed by atoms with Gasteiger partial charge in [0, 0.05) is 6.54 Å². The van der Waals surface area contributed by atoms with Crippen molar-refractivity contribution in [3.05, 3.63) is 29.8 Å². The van der Waals surface area contributed by atoms with Crippen LogP contribution in [0, 0.1) is 52.3 Å². The van der Waals surface area contributed by atoms with Crippen LogP contribution in [0.4, 0.5) is 0 Å². The number of amidine groups is 1. The largest absolute Gasteiger partial charge is 0.846 e. The molecule has 0 amide bonds. The van der Waals surface area contributed by atoms with E-state index in [1.54, 1.807) is 24.3 Å². The number of hydrogen-bond donors (Lipinski definition) is 2. The first-order valence-corrected chi connectivity index (χ1v) is 18.6. The molecule has 10 atom stereocenters. The summed E-state index contributed by atoms with van der Waals surface area (Å²) in [6.45, 7) is 16.4. The van der Waals surface area contributed by atoms with E-state index in [0.717, 1.165) is 48.5 Å². The Kier molecular flexibility index (Phi) is 9.12. The lowest BCUT2D eigenvalue weighted by Gasteiger charge is -2.63. The molecular weight excluding hydrogens is 556 g/mol. The maximum Gasteiger partial charge on any atom is 0.262 e. The van der Waals surface area contributed by atoms with Crippen LogP contribution in [0.15, 0.2) is 34.2 Å². The molecule has 0 aromatic heterocycles. The first-order chi connectivity index (χ1) is 20.1. The van der Waals surface area contributed by atoms with Gasteiger partial charge in [0.15, 0.2) is 0 Å². The Morgan fingerprint density at radius 2 is 1.67 bits per heavy atom. The molecule has 4 saturated carbocycles. The highest BCUT2D eigenvalue weighted by atomic mass is 32.2. The first-order valence-electron chi connectivity index (χ1n) is 17.1. The SMILES string of the molecule is CC[C@H]1C[C@@H]2[C@H](CC[C@]3(C)[C@@H]([C@H](C)CCN=C([O-])NS(=O)(=O)c4ccc(C(C)(C)C)cc4)CC[C@@H]23)[C@@]2(C)CC[C@@H](O)C[C@@H]12. The van der Waals surface area contributed by atoms with E-state index < -0.39 is 16.0 Å². The summed E-state index contributed by atoms with van der Waals surface area (Å²) < 4.78 is 27.7. The second-order valence-electron chi connectivity index (χ2n) is 16.4. The number of aliphatic imine (C=N–C) groups is 1. The minimum Gasteiger partial charge on any atom is -0.846 e. The van der Waals surface area contributed by atoms with Gasteiger partial charge in [-0.25, -0.2) is 8.42 Å². The number of benzene rings is 1. The average molecular weight is 614 g/mol. The maximum atomic E-state index is 12.8. The Hall–Kier alpha value is -1.60. The molecule has 0 saturated heterocycles. The Morgan fingerprint density at radius 1 is 1.02 bits per heavy atom. The third-order valence-corrected chi connectivity index (χ3v) is 14.5. The van der Waals surface area contributed by atoms with E-state index in [0.29, 0.717) is 35.1 Å². The lowest BCUT2D eigenvalue weighted by atomic mass is 9.42. The monoisotopic (exact) mass is 613 g/mol. The van der Waals surface area contributed by atoms with Gasteiger partial charge in [-0.3, -0.25) is 9.71 Å². The summed E-state index contributed by atoms with van der Waals surface area (Å²) in [6, 6.07) is 5.93. The first kappa shape index (κ1) is 32.8. The minimum absolute atomic E-state index is 0.0792. The normalized spacial score (nSPS) is 39.0. The Morgan fingerprint density at radius 3 is 2.33 bits per heavy atom. The number of rotatable bonds is 7. The molecule has 4 aliphatic rings. The molecule has 4 fully saturated rings. The van der Waals surface area contributed by atoms with Gasteiger partial charge >= 0.3 is 0 Å². The van der Waals surface area contributed by atoms with Crippen molar-refractivity contribution in [2.24, 2.45) is 57.2 Å². The van der Waals surface area contributed by atoms with E-state index in [4.69, 9.17) is 0 Å². The van der Waals surface area contributed by atoms with Crippen molar-refractivity contribution < 1.29 is 18.6 Å². The standard InChI is InChI=1S/C36H58N2O4S/c1-8-24-21-28-30-14-13-29(35(30,6)19-16-31(28)36(7)18-15-26(39)22-32(24)36)23(2)17-20-37-33(40)38-43(41,42)27-11-9-25(10-12-27)34(3,4)5/h9-12,23-24,26,28-32,39H,8,13-22H2,1-7H3,(H2,37,38,40)/p-1/t23-,24+,26-,28+,29-,30+,31+,32+,35-,36-/m1/s1. The number of aliphatic hydroxyl groups is 1. The smallest absolute Gasteiger partial charge is 0.262 e. The quantitative estimate of drug-likeness (QED) is 0.265. The van der Waals surface area contributed by atoms with Gasteiger partial charge in [-0.05, 0) is 133 Å². The number of fused-ring (bicyclic) bond motifs is 5. The number of nitrogens with one attached hydrogen (secondary N) is 1. The Bertz CT molecular complexity index is 1270. The van der Waals surface area contributed by atoms with E-state index >= 15 is 0 Å². The van der Waals surface area contributed by atoms with Gasteiger partial charge in [0.05, 0.1) is 17.0 Å². The Balaban J connectivity index is 1.20. The van der Waals surface area contributed by atoms with Crippen LogP contribution in [0.3, 0.4) is 0 Å². The fourth-order valence-corrected chi connectivity index (χ4v) is 11.7. The average Bonchev–Trinajstić information content (AvgIpc) is 3.30. The zero-order chi connectivity index (χ0) is 31.4. The van der Waals surface area contributed by atoms with Gasteiger partial charge < -0.3 is 10.2 Å². The van der Waals surface area contributed by atoms with Gasteiger partial charge in [0.1, 0.15) is 0 Å². The third-order valence-electron chi connectivity index (χ3n) is 13.2. The predicted molar refractivity (Wildman–Crippen MR) is 172 cm³/mol. The van der Waals surface area contributed by atoms with Gasteiger partial charge in [0.2, 0.25) is 0 Å². The van der Waals surface area contributed by atoms with Gasteiger partial charge in [-0.15, -0.1) is 0 Å². The molecule has 4 aliphatic carbocycles. The highest BCUT2D eigenvalue weighted by Gasteiger charge is 2.62. The van der Waals surface area contributed by atoms with Crippen molar-refractivity contribution >= 4 is 16.0 Å². The molecule has 0 radical (unpaired) electrons. The van der Waals surface area contributed by atoms with Crippen LogP contribution in [0.1, 0.15) is 118 Å². The van der Waals surface area contributed by atoms with Crippen LogP contribution in [0.2, 0.25) is 0 Å². The molecule has 0 aliphatic heterocycles. The van der Waals surface area contributed by atoms with Crippen molar-refractivity contribution in [2.75, 3.05) is 6.54 Å². The lowest BCUT2D eigenvalue weighted by Crippen LogP contribution is -2.56. The molecule has 0 spiro atoms. The second-order valence-corrected chi connectivity index (χ2v) is 18.1. The molecule has 0 bridgehead atoms. The lowest BCUT2D eigenvalue weighted by molar-refractivity contribution is -0.219. The summed E-state index contributed by atoms with van der Waals surface area (Å²) in [6.07, 6.45) is 11.5. The summed E-state index contributed by atoms with van der Waals surface area (Å²) in [5.41, 5.74) is 1.65. The molecule has 43 heavy (non-hydrogen) atoms. The number of aliphatic hydroxyl groups excluding tert-OH is 1. The number of hydrogen-bond acceptors (Lipinski definition) is 5. The van der Waals surface area contributed by atoms with Gasteiger partial charge in [-0.1, -0.05) is 67.0 Å². The van der Waals surface area contributed by atoms with Crippen molar-refractivity contribution in [1.82, 2.24) is 4.72 Å². The zero-order valence-corrected chi connectivity index (χ0v) is 28.6. The van der Waals surface area contributed by atoms with E-state index in [9.17, 15) is 18.6 Å². The van der Waals surface area contributed by atoms with Crippen LogP contribution in [-0.4, -0.2) is 32.2 Å². The molecule has 5 rings (SSSR count). The topological polar surface area (TPSA) is 102 Å².